The predicted octanol–water partition coefficient (Wildman–Crippen LogP) is 4.46. The van der Waals surface area contributed by atoms with E-state index in [0.29, 0.717) is 64.9 Å². The van der Waals surface area contributed by atoms with Gasteiger partial charge in [-0.3, -0.25) is 14.5 Å². The molecule has 2 atom stereocenters. The van der Waals surface area contributed by atoms with E-state index in [1.54, 1.807) is 24.2 Å². The number of aliphatic hydroxyl groups is 1. The average molecular weight is 682 g/mol. The number of aryl methyl sites for hydroxylation is 2. The topological polar surface area (TPSA) is 108 Å². The first-order valence-corrected chi connectivity index (χ1v) is 17.7. The number of amides is 1. The summed E-state index contributed by atoms with van der Waals surface area (Å²) >= 11 is 0. The summed E-state index contributed by atoms with van der Waals surface area (Å²) in [6, 6.07) is 11.4. The van der Waals surface area contributed by atoms with E-state index in [4.69, 9.17) is 4.74 Å². The number of aliphatic hydroxyl groups excluding tert-OH is 1. The minimum atomic E-state index is -0.534. The summed E-state index contributed by atoms with van der Waals surface area (Å²) in [6.07, 6.45) is 7.25. The van der Waals surface area contributed by atoms with Crippen LogP contribution in [0.4, 0.5) is 27.3 Å². The van der Waals surface area contributed by atoms with Crippen LogP contribution in [0.5, 0.6) is 0 Å². The normalized spacial score (nSPS) is 21.2. The van der Waals surface area contributed by atoms with Gasteiger partial charge in [-0.25, -0.2) is 9.37 Å². The van der Waals surface area contributed by atoms with E-state index < -0.39 is 12.4 Å². The van der Waals surface area contributed by atoms with Crippen LogP contribution in [0.2, 0.25) is 0 Å². The highest BCUT2D eigenvalue weighted by molar-refractivity contribution is 6.09. The Morgan fingerprint density at radius 1 is 1.00 bits per heavy atom. The van der Waals surface area contributed by atoms with Crippen LogP contribution in [0.15, 0.2) is 53.6 Å². The minimum Gasteiger partial charge on any atom is -0.392 e. The largest absolute Gasteiger partial charge is 0.392 e. The van der Waals surface area contributed by atoms with Crippen molar-refractivity contribution in [3.05, 3.63) is 87.5 Å². The van der Waals surface area contributed by atoms with Crippen molar-refractivity contribution < 1.29 is 19.0 Å². The Labute approximate surface area is 290 Å². The zero-order chi connectivity index (χ0) is 34.7. The summed E-state index contributed by atoms with van der Waals surface area (Å²) in [4.78, 5) is 38.3. The van der Waals surface area contributed by atoms with Gasteiger partial charge in [0.2, 0.25) is 0 Å². The molecule has 7 heterocycles. The van der Waals surface area contributed by atoms with E-state index in [1.807, 2.05) is 24.4 Å². The number of nitrogens with one attached hydrogen (secondary N) is 1. The molecule has 2 N–H and O–H groups in total. The lowest BCUT2D eigenvalue weighted by molar-refractivity contribution is -0.0828. The molecule has 4 aromatic rings. The van der Waals surface area contributed by atoms with Crippen LogP contribution in [0.25, 0.3) is 11.1 Å². The van der Waals surface area contributed by atoms with E-state index in [0.717, 1.165) is 63.5 Å². The number of benzene rings is 1. The van der Waals surface area contributed by atoms with E-state index in [-0.39, 0.29) is 17.2 Å². The molecule has 0 unspecified atom stereocenters. The molecule has 4 aliphatic rings. The van der Waals surface area contributed by atoms with Gasteiger partial charge in [0.1, 0.15) is 17.3 Å². The molecule has 0 spiro atoms. The molecular weight excluding hydrogens is 637 g/mol. The second-order valence-corrected chi connectivity index (χ2v) is 14.2. The van der Waals surface area contributed by atoms with E-state index in [2.05, 4.69) is 38.5 Å². The number of hydrogen-bond acceptors (Lipinski definition) is 8. The molecule has 2 fully saturated rings. The van der Waals surface area contributed by atoms with Crippen LogP contribution in [0, 0.1) is 5.82 Å². The van der Waals surface area contributed by atoms with Gasteiger partial charge in [-0.05, 0) is 75.1 Å². The SMILES string of the molecule is C[C@@H]1CN(c2ccc(Nc3cc(-c4cc(F)cc(N5CCc6c(cc7n6CCCC7)C5=O)c4CO)cn(C)c3=O)nc2)[C@@H](C)CN1C1COC1. The van der Waals surface area contributed by atoms with Crippen LogP contribution in [0.1, 0.15) is 54.0 Å². The fourth-order valence-corrected chi connectivity index (χ4v) is 8.30. The van der Waals surface area contributed by atoms with Gasteiger partial charge in [0, 0.05) is 80.4 Å². The van der Waals surface area contributed by atoms with Crippen LogP contribution < -0.4 is 20.7 Å². The first kappa shape index (κ1) is 32.7. The number of anilines is 4. The maximum Gasteiger partial charge on any atom is 0.274 e. The highest BCUT2D eigenvalue weighted by atomic mass is 19.1. The number of aromatic nitrogens is 3. The minimum absolute atomic E-state index is 0.185. The predicted molar refractivity (Wildman–Crippen MR) is 191 cm³/mol. The molecule has 2 saturated heterocycles. The van der Waals surface area contributed by atoms with Crippen molar-refractivity contribution in [1.82, 2.24) is 19.0 Å². The molecule has 3 aromatic heterocycles. The molecule has 0 aliphatic carbocycles. The maximum absolute atomic E-state index is 15.4. The Morgan fingerprint density at radius 3 is 2.58 bits per heavy atom. The Morgan fingerprint density at radius 2 is 1.84 bits per heavy atom. The van der Waals surface area contributed by atoms with E-state index >= 15 is 4.39 Å². The smallest absolute Gasteiger partial charge is 0.274 e. The van der Waals surface area contributed by atoms with Gasteiger partial charge >= 0.3 is 0 Å². The Kier molecular flexibility index (Phi) is 8.48. The fraction of sp³-hybridized carbons (Fsp3) is 0.447. The Balaban J connectivity index is 1.06. The first-order chi connectivity index (χ1) is 24.2. The van der Waals surface area contributed by atoms with Crippen molar-refractivity contribution in [3.8, 4) is 11.1 Å². The van der Waals surface area contributed by atoms with Gasteiger partial charge in [0.25, 0.3) is 11.5 Å². The third kappa shape index (κ3) is 5.69. The number of fused-ring (bicyclic) bond motifs is 3. The number of halogens is 1. The quantitative estimate of drug-likeness (QED) is 0.295. The summed E-state index contributed by atoms with van der Waals surface area (Å²) in [6.45, 7) is 8.81. The van der Waals surface area contributed by atoms with Crippen LogP contribution in [-0.4, -0.2) is 81.0 Å². The van der Waals surface area contributed by atoms with Crippen molar-refractivity contribution in [2.24, 2.45) is 7.05 Å². The molecule has 262 valence electrons. The molecule has 0 bridgehead atoms. The van der Waals surface area contributed by atoms with Gasteiger partial charge in [-0.1, -0.05) is 0 Å². The standard InChI is InChI=1S/C38H44FN7O4/c1-23-18-46(29-21-50-22-29)24(2)17-45(23)28-7-8-36(40-16-28)41-33-12-25(19-42(3)38(33)49)30-13-26(39)14-35(32(30)20-47)44-11-9-34-31(37(44)48)15-27-6-4-5-10-43(27)34/h7-8,12-16,19,23-24,29,47H,4-6,9-11,17-18,20-22H2,1-3H3,(H,40,41)/t23-,24+/m0/s1. The second kappa shape index (κ2) is 13.0. The van der Waals surface area contributed by atoms with Gasteiger partial charge in [0.05, 0.1) is 49.0 Å². The first-order valence-electron chi connectivity index (χ1n) is 17.7. The van der Waals surface area contributed by atoms with E-state index in [9.17, 15) is 14.7 Å². The molecule has 50 heavy (non-hydrogen) atoms. The summed E-state index contributed by atoms with van der Waals surface area (Å²) in [5, 5.41) is 13.9. The number of carbonyl (C=O) groups excluding carboxylic acids is 1. The Bertz CT molecular complexity index is 2000. The summed E-state index contributed by atoms with van der Waals surface area (Å²) in [5.41, 5.74) is 5.58. The summed E-state index contributed by atoms with van der Waals surface area (Å²) in [5.74, 6) is -0.218. The van der Waals surface area contributed by atoms with Crippen LogP contribution in [-0.2, 0) is 37.8 Å². The lowest BCUT2D eigenvalue weighted by Gasteiger charge is -2.50. The van der Waals surface area contributed by atoms with Crippen molar-refractivity contribution in [3.63, 3.8) is 0 Å². The molecule has 0 saturated carbocycles. The molecular formula is C38H44FN7O4. The summed E-state index contributed by atoms with van der Waals surface area (Å²) in [7, 11) is 1.63. The lowest BCUT2D eigenvalue weighted by atomic mass is 9.96. The molecule has 1 amide bonds. The fourth-order valence-electron chi connectivity index (χ4n) is 8.30. The van der Waals surface area contributed by atoms with Crippen LogP contribution in [0.3, 0.4) is 0 Å². The third-order valence-corrected chi connectivity index (χ3v) is 11.0. The number of rotatable bonds is 7. The summed E-state index contributed by atoms with van der Waals surface area (Å²) < 4.78 is 24.5. The number of carbonyl (C=O) groups is 1. The maximum atomic E-state index is 15.4. The highest BCUT2D eigenvalue weighted by Gasteiger charge is 2.37. The highest BCUT2D eigenvalue weighted by Crippen LogP contribution is 2.37. The number of nitrogens with zero attached hydrogens (tertiary/aromatic N) is 6. The van der Waals surface area contributed by atoms with Crippen molar-refractivity contribution in [2.75, 3.05) is 48.0 Å². The zero-order valence-corrected chi connectivity index (χ0v) is 28.9. The molecule has 1 aromatic carbocycles. The number of hydrogen-bond donors (Lipinski definition) is 2. The monoisotopic (exact) mass is 681 g/mol. The zero-order valence-electron chi connectivity index (χ0n) is 28.9. The molecule has 11 nitrogen and oxygen atoms in total. The van der Waals surface area contributed by atoms with Gasteiger partial charge in [-0.15, -0.1) is 0 Å². The number of pyridine rings is 2. The molecule has 12 heteroatoms. The molecule has 0 radical (unpaired) electrons. The average Bonchev–Trinajstić information content (AvgIpc) is 3.47. The van der Waals surface area contributed by atoms with Crippen molar-refractivity contribution in [1.29, 1.82) is 0 Å². The Hall–Kier alpha value is -4.52. The van der Waals surface area contributed by atoms with Crippen molar-refractivity contribution in [2.45, 2.75) is 70.8 Å². The van der Waals surface area contributed by atoms with Gasteiger partial charge in [-0.2, -0.15) is 0 Å². The second-order valence-electron chi connectivity index (χ2n) is 14.2. The van der Waals surface area contributed by atoms with Crippen molar-refractivity contribution >= 4 is 28.8 Å². The molecule has 8 rings (SSSR count). The number of piperazine rings is 1. The van der Waals surface area contributed by atoms with Crippen LogP contribution >= 0.6 is 0 Å². The van der Waals surface area contributed by atoms with Gasteiger partial charge in [0.15, 0.2) is 0 Å². The van der Waals surface area contributed by atoms with Gasteiger partial charge < -0.3 is 34.1 Å². The molecule has 4 aliphatic heterocycles. The lowest BCUT2D eigenvalue weighted by Crippen LogP contribution is -2.63. The number of ether oxygens (including phenoxy) is 1. The third-order valence-electron chi connectivity index (χ3n) is 11.0. The van der Waals surface area contributed by atoms with E-state index in [1.165, 1.54) is 22.4 Å².